The molecule has 0 radical (unpaired) electrons. The Morgan fingerprint density at radius 1 is 1.16 bits per heavy atom. The molecule has 0 amide bonds. The van der Waals surface area contributed by atoms with Crippen molar-refractivity contribution < 1.29 is 0 Å². The van der Waals surface area contributed by atoms with Crippen LogP contribution < -0.4 is 5.32 Å². The van der Waals surface area contributed by atoms with Crippen LogP contribution in [0.2, 0.25) is 0 Å². The van der Waals surface area contributed by atoms with Crippen LogP contribution in [0.3, 0.4) is 0 Å². The van der Waals surface area contributed by atoms with E-state index in [1.807, 2.05) is 6.92 Å². The van der Waals surface area contributed by atoms with Crippen molar-refractivity contribution in [3.8, 4) is 11.3 Å². The monoisotopic (exact) mass is 253 g/mol. The maximum Gasteiger partial charge on any atom is 0.126 e. The third kappa shape index (κ3) is 2.51. The van der Waals surface area contributed by atoms with Crippen LogP contribution in [0.15, 0.2) is 30.3 Å². The Labute approximate surface area is 114 Å². The topological polar surface area (TPSA) is 37.8 Å². The van der Waals surface area contributed by atoms with Crippen molar-refractivity contribution in [2.45, 2.75) is 32.7 Å². The lowest BCUT2D eigenvalue weighted by Crippen LogP contribution is -2.15. The van der Waals surface area contributed by atoms with Crippen LogP contribution in [0, 0.1) is 13.8 Å². The van der Waals surface area contributed by atoms with Crippen molar-refractivity contribution in [2.75, 3.05) is 6.54 Å². The van der Waals surface area contributed by atoms with Crippen LogP contribution in [0.1, 0.15) is 36.0 Å². The van der Waals surface area contributed by atoms with E-state index in [-0.39, 0.29) is 0 Å². The molecule has 1 aliphatic rings. The van der Waals surface area contributed by atoms with E-state index in [1.54, 1.807) is 0 Å². The first-order valence-electron chi connectivity index (χ1n) is 6.89. The van der Waals surface area contributed by atoms with E-state index < -0.39 is 0 Å². The molecular formula is C16H19N3. The lowest BCUT2D eigenvalue weighted by Gasteiger charge is -2.13. The fourth-order valence-corrected chi connectivity index (χ4v) is 2.70. The summed E-state index contributed by atoms with van der Waals surface area (Å²) in [7, 11) is 0. The minimum absolute atomic E-state index is 0.393. The second kappa shape index (κ2) is 5.10. The van der Waals surface area contributed by atoms with Gasteiger partial charge in [0.1, 0.15) is 5.82 Å². The van der Waals surface area contributed by atoms with Crippen molar-refractivity contribution in [2.24, 2.45) is 0 Å². The zero-order valence-electron chi connectivity index (χ0n) is 11.5. The van der Waals surface area contributed by atoms with E-state index in [9.17, 15) is 0 Å². The van der Waals surface area contributed by atoms with Crippen LogP contribution in [0.25, 0.3) is 11.3 Å². The lowest BCUT2D eigenvalue weighted by molar-refractivity contribution is 0.623. The van der Waals surface area contributed by atoms with E-state index in [1.165, 1.54) is 24.0 Å². The molecule has 2 heterocycles. The Kier molecular flexibility index (Phi) is 3.30. The van der Waals surface area contributed by atoms with Gasteiger partial charge in [0.05, 0.1) is 11.4 Å². The van der Waals surface area contributed by atoms with Gasteiger partial charge in [0, 0.05) is 11.6 Å². The van der Waals surface area contributed by atoms with E-state index in [4.69, 9.17) is 0 Å². The number of hydrogen-bond donors (Lipinski definition) is 1. The van der Waals surface area contributed by atoms with E-state index >= 15 is 0 Å². The minimum atomic E-state index is 0.393. The molecule has 19 heavy (non-hydrogen) atoms. The highest BCUT2D eigenvalue weighted by molar-refractivity contribution is 5.63. The normalized spacial score (nSPS) is 18.7. The minimum Gasteiger partial charge on any atom is -0.309 e. The average Bonchev–Trinajstić information content (AvgIpc) is 2.92. The van der Waals surface area contributed by atoms with Gasteiger partial charge in [-0.2, -0.15) is 0 Å². The molecular weight excluding hydrogens is 234 g/mol. The molecule has 1 aromatic heterocycles. The SMILES string of the molecule is Cc1nc(-c2ccccc2C)cc(C2CCCN2)n1. The number of rotatable bonds is 2. The summed E-state index contributed by atoms with van der Waals surface area (Å²) in [6, 6.07) is 10.9. The first kappa shape index (κ1) is 12.3. The molecule has 3 rings (SSSR count). The van der Waals surface area contributed by atoms with Gasteiger partial charge in [0.15, 0.2) is 0 Å². The summed E-state index contributed by atoms with van der Waals surface area (Å²) in [4.78, 5) is 9.19. The van der Waals surface area contributed by atoms with Gasteiger partial charge in [-0.05, 0) is 44.9 Å². The first-order valence-corrected chi connectivity index (χ1v) is 6.89. The van der Waals surface area contributed by atoms with Crippen molar-refractivity contribution >= 4 is 0 Å². The summed E-state index contributed by atoms with van der Waals surface area (Å²) in [6.07, 6.45) is 2.40. The van der Waals surface area contributed by atoms with E-state index in [2.05, 4.69) is 52.5 Å². The Bertz CT molecular complexity index is 586. The van der Waals surface area contributed by atoms with Gasteiger partial charge in [-0.15, -0.1) is 0 Å². The summed E-state index contributed by atoms with van der Waals surface area (Å²) in [6.45, 7) is 5.19. The van der Waals surface area contributed by atoms with Crippen molar-refractivity contribution in [3.05, 3.63) is 47.4 Å². The zero-order valence-corrected chi connectivity index (χ0v) is 11.5. The summed E-state index contributed by atoms with van der Waals surface area (Å²) in [5, 5.41) is 3.50. The second-order valence-corrected chi connectivity index (χ2v) is 5.19. The van der Waals surface area contributed by atoms with Gasteiger partial charge < -0.3 is 5.32 Å². The smallest absolute Gasteiger partial charge is 0.126 e. The number of aryl methyl sites for hydroxylation is 2. The lowest BCUT2D eigenvalue weighted by atomic mass is 10.0. The number of benzene rings is 1. The fourth-order valence-electron chi connectivity index (χ4n) is 2.70. The molecule has 0 spiro atoms. The Morgan fingerprint density at radius 2 is 2.00 bits per heavy atom. The molecule has 3 nitrogen and oxygen atoms in total. The summed E-state index contributed by atoms with van der Waals surface area (Å²) in [5.41, 5.74) is 4.62. The van der Waals surface area contributed by atoms with Crippen molar-refractivity contribution in [1.29, 1.82) is 0 Å². The molecule has 2 aromatic rings. The molecule has 1 saturated heterocycles. The van der Waals surface area contributed by atoms with Crippen molar-refractivity contribution in [3.63, 3.8) is 0 Å². The Hall–Kier alpha value is -1.74. The van der Waals surface area contributed by atoms with Gasteiger partial charge in [0.25, 0.3) is 0 Å². The first-order chi connectivity index (χ1) is 9.24. The Balaban J connectivity index is 2.04. The molecule has 0 bridgehead atoms. The predicted molar refractivity (Wildman–Crippen MR) is 76.9 cm³/mol. The van der Waals surface area contributed by atoms with Crippen LogP contribution in [-0.2, 0) is 0 Å². The summed E-state index contributed by atoms with van der Waals surface area (Å²) in [5.74, 6) is 0.851. The van der Waals surface area contributed by atoms with Gasteiger partial charge in [-0.1, -0.05) is 24.3 Å². The van der Waals surface area contributed by atoms with Crippen molar-refractivity contribution in [1.82, 2.24) is 15.3 Å². The highest BCUT2D eigenvalue weighted by Gasteiger charge is 2.19. The molecule has 1 atom stereocenters. The average molecular weight is 253 g/mol. The molecule has 1 N–H and O–H groups in total. The summed E-state index contributed by atoms with van der Waals surface area (Å²) < 4.78 is 0. The zero-order chi connectivity index (χ0) is 13.2. The van der Waals surface area contributed by atoms with Crippen LogP contribution in [0.5, 0.6) is 0 Å². The molecule has 0 aliphatic carbocycles. The van der Waals surface area contributed by atoms with Gasteiger partial charge in [-0.3, -0.25) is 0 Å². The third-order valence-corrected chi connectivity index (χ3v) is 3.70. The van der Waals surface area contributed by atoms with Gasteiger partial charge in [0.2, 0.25) is 0 Å². The van der Waals surface area contributed by atoms with Gasteiger partial charge >= 0.3 is 0 Å². The van der Waals surface area contributed by atoms with E-state index in [0.29, 0.717) is 6.04 Å². The van der Waals surface area contributed by atoms with E-state index in [0.717, 1.165) is 23.8 Å². The molecule has 3 heteroatoms. The quantitative estimate of drug-likeness (QED) is 0.893. The molecule has 1 aromatic carbocycles. The standard InChI is InChI=1S/C16H19N3/c1-11-6-3-4-7-13(11)15-10-16(19-12(2)18-15)14-8-5-9-17-14/h3-4,6-7,10,14,17H,5,8-9H2,1-2H3. The largest absolute Gasteiger partial charge is 0.309 e. The number of nitrogens with zero attached hydrogens (tertiary/aromatic N) is 2. The summed E-state index contributed by atoms with van der Waals surface area (Å²) >= 11 is 0. The maximum absolute atomic E-state index is 4.60. The molecule has 0 saturated carbocycles. The predicted octanol–water partition coefficient (Wildman–Crippen LogP) is 3.18. The third-order valence-electron chi connectivity index (χ3n) is 3.70. The molecule has 1 fully saturated rings. The van der Waals surface area contributed by atoms with Crippen LogP contribution >= 0.6 is 0 Å². The van der Waals surface area contributed by atoms with Crippen LogP contribution in [0.4, 0.5) is 0 Å². The fraction of sp³-hybridized carbons (Fsp3) is 0.375. The number of hydrogen-bond acceptors (Lipinski definition) is 3. The molecule has 98 valence electrons. The number of aromatic nitrogens is 2. The molecule has 1 aliphatic heterocycles. The number of nitrogens with one attached hydrogen (secondary N) is 1. The van der Waals surface area contributed by atoms with Crippen LogP contribution in [-0.4, -0.2) is 16.5 Å². The highest BCUT2D eigenvalue weighted by Crippen LogP contribution is 2.26. The molecule has 1 unspecified atom stereocenters. The maximum atomic E-state index is 4.60. The Morgan fingerprint density at radius 3 is 2.74 bits per heavy atom. The van der Waals surface area contributed by atoms with Gasteiger partial charge in [-0.25, -0.2) is 9.97 Å². The highest BCUT2D eigenvalue weighted by atomic mass is 15.0. The second-order valence-electron chi connectivity index (χ2n) is 5.19.